The molecule has 0 bridgehead atoms. The summed E-state index contributed by atoms with van der Waals surface area (Å²) in [6.07, 6.45) is 7.56. The monoisotopic (exact) mass is 671 g/mol. The van der Waals surface area contributed by atoms with Crippen LogP contribution < -0.4 is 15.5 Å². The normalized spacial score (nSPS) is 16.7. The SMILES string of the molecule is Bc1cccc(C)c1-c1cc2cc(NC(=O)C3C(C)[C@@H]3/C(C=C)=C/N(C)C)ncc2c(N(B(C)Cc2ccccc2)B(C)Cc2ccccc2)n1. The zero-order chi connectivity index (χ0) is 36.2. The van der Waals surface area contributed by atoms with E-state index in [4.69, 9.17) is 9.97 Å². The van der Waals surface area contributed by atoms with E-state index in [-0.39, 0.29) is 37.4 Å². The van der Waals surface area contributed by atoms with Crippen molar-refractivity contribution in [3.05, 3.63) is 138 Å². The van der Waals surface area contributed by atoms with E-state index in [1.54, 1.807) is 0 Å². The number of benzene rings is 3. The van der Waals surface area contributed by atoms with E-state index in [1.165, 1.54) is 22.2 Å². The smallest absolute Gasteiger partial charge is 0.243 e. The second-order valence-electron chi connectivity index (χ2n) is 14.6. The summed E-state index contributed by atoms with van der Waals surface area (Å²) in [4.78, 5) is 26.0. The highest BCUT2D eigenvalue weighted by Crippen LogP contribution is 2.51. The second kappa shape index (κ2) is 15.5. The van der Waals surface area contributed by atoms with Crippen LogP contribution in [-0.4, -0.2) is 56.4 Å². The summed E-state index contributed by atoms with van der Waals surface area (Å²) >= 11 is 0. The van der Waals surface area contributed by atoms with Crippen molar-refractivity contribution < 1.29 is 4.79 Å². The highest BCUT2D eigenvalue weighted by Gasteiger charge is 2.52. The van der Waals surface area contributed by atoms with Crippen molar-refractivity contribution in [2.75, 3.05) is 24.1 Å². The first-order valence-electron chi connectivity index (χ1n) is 18.1. The number of nitrogens with one attached hydrogen (secondary N) is 1. The number of aromatic nitrogens is 2. The fraction of sp³-hybridized carbons (Fsp3) is 0.262. The van der Waals surface area contributed by atoms with Gasteiger partial charge in [-0.2, -0.15) is 0 Å². The number of anilines is 2. The van der Waals surface area contributed by atoms with Crippen molar-refractivity contribution in [1.29, 1.82) is 0 Å². The van der Waals surface area contributed by atoms with Crippen molar-refractivity contribution >= 4 is 55.3 Å². The first-order chi connectivity index (χ1) is 24.5. The van der Waals surface area contributed by atoms with Crippen LogP contribution in [0, 0.1) is 24.7 Å². The van der Waals surface area contributed by atoms with E-state index in [1.807, 2.05) is 37.3 Å². The summed E-state index contributed by atoms with van der Waals surface area (Å²) in [5.41, 5.74) is 8.06. The number of pyridine rings is 2. The van der Waals surface area contributed by atoms with Gasteiger partial charge in [0.25, 0.3) is 0 Å². The van der Waals surface area contributed by atoms with Crippen LogP contribution in [0.3, 0.4) is 0 Å². The van der Waals surface area contributed by atoms with Gasteiger partial charge in [-0.3, -0.25) is 4.79 Å². The number of allylic oxidation sites excluding steroid dienone is 2. The molecule has 1 aliphatic rings. The van der Waals surface area contributed by atoms with Crippen LogP contribution in [0.25, 0.3) is 22.0 Å². The number of carbonyl (C=O) groups excluding carboxylic acids is 1. The Bertz CT molecular complexity index is 1990. The van der Waals surface area contributed by atoms with Crippen LogP contribution in [0.15, 0.2) is 122 Å². The summed E-state index contributed by atoms with van der Waals surface area (Å²) in [7, 11) is 6.13. The Morgan fingerprint density at radius 3 is 2.12 bits per heavy atom. The molecule has 3 atom stereocenters. The van der Waals surface area contributed by atoms with Gasteiger partial charge in [0.2, 0.25) is 19.6 Å². The molecule has 0 spiro atoms. The highest BCUT2D eigenvalue weighted by molar-refractivity contribution is 6.82. The average molecular weight is 671 g/mol. The van der Waals surface area contributed by atoms with Gasteiger partial charge < -0.3 is 14.9 Å². The first kappa shape index (κ1) is 35.8. The summed E-state index contributed by atoms with van der Waals surface area (Å²) in [6.45, 7) is 13.2. The molecule has 5 aromatic rings. The Balaban J connectivity index is 1.44. The molecule has 9 heteroatoms. The van der Waals surface area contributed by atoms with E-state index in [9.17, 15) is 4.79 Å². The predicted octanol–water partition coefficient (Wildman–Crippen LogP) is 6.93. The third-order valence-electron chi connectivity index (χ3n) is 10.3. The Kier molecular flexibility index (Phi) is 10.8. The second-order valence-corrected chi connectivity index (χ2v) is 14.6. The maximum absolute atomic E-state index is 13.7. The molecule has 1 amide bonds. The molecule has 2 unspecified atom stereocenters. The van der Waals surface area contributed by atoms with Gasteiger partial charge in [-0.05, 0) is 59.7 Å². The minimum atomic E-state index is -0.127. The number of carbonyl (C=O) groups is 1. The molecule has 1 N–H and O–H groups in total. The predicted molar refractivity (Wildman–Crippen MR) is 221 cm³/mol. The maximum Gasteiger partial charge on any atom is 0.243 e. The van der Waals surface area contributed by atoms with E-state index in [0.717, 1.165) is 46.1 Å². The molecule has 1 fully saturated rings. The third-order valence-corrected chi connectivity index (χ3v) is 10.3. The lowest BCUT2D eigenvalue weighted by atomic mass is 9.45. The fourth-order valence-corrected chi connectivity index (χ4v) is 7.86. The quantitative estimate of drug-likeness (QED) is 0.109. The van der Waals surface area contributed by atoms with E-state index >= 15 is 0 Å². The lowest BCUT2D eigenvalue weighted by Crippen LogP contribution is -2.50. The van der Waals surface area contributed by atoms with E-state index in [0.29, 0.717) is 5.82 Å². The Morgan fingerprint density at radius 2 is 1.55 bits per heavy atom. The Morgan fingerprint density at radius 1 is 0.922 bits per heavy atom. The molecule has 3 aromatic carbocycles. The number of rotatable bonds is 13. The standard InChI is InChI=1S/C42H48B3N5O/c1-8-32(27-49(6)7)39-29(3)40(39)42(51)48-37-23-33-22-36(38-28(2)16-15-21-35(38)43)47-41(34(33)26-46-37)50(44(4)24-30-17-11-9-12-18-30)45(5)25-31-19-13-10-14-20-31/h8-23,26-27,29,39-40H,1,24-25,43H2,2-7H3,(H,46,48,51)/b32-27+/t29?,39-,40?/m1/s1. The van der Waals surface area contributed by atoms with Crippen molar-refractivity contribution in [2.45, 2.75) is 40.1 Å². The molecular weight excluding hydrogens is 623 g/mol. The lowest BCUT2D eigenvalue weighted by Gasteiger charge is -2.35. The van der Waals surface area contributed by atoms with E-state index in [2.05, 4.69) is 143 Å². The minimum Gasteiger partial charge on any atom is -0.444 e. The molecule has 0 radical (unpaired) electrons. The van der Waals surface area contributed by atoms with Crippen LogP contribution in [-0.2, 0) is 17.4 Å². The number of nitrogens with zero attached hydrogens (tertiary/aromatic N) is 4. The van der Waals surface area contributed by atoms with Crippen LogP contribution >= 0.6 is 0 Å². The molecular formula is C42H48B3N5O. The minimum absolute atomic E-state index is 0.00954. The Labute approximate surface area is 305 Å². The molecule has 51 heavy (non-hydrogen) atoms. The van der Waals surface area contributed by atoms with Gasteiger partial charge in [0, 0.05) is 43.7 Å². The highest BCUT2D eigenvalue weighted by atomic mass is 16.2. The lowest BCUT2D eigenvalue weighted by molar-refractivity contribution is -0.117. The largest absolute Gasteiger partial charge is 0.444 e. The number of hydrogen-bond donors (Lipinski definition) is 1. The van der Waals surface area contributed by atoms with Gasteiger partial charge in [0.05, 0.1) is 5.69 Å². The zero-order valence-electron chi connectivity index (χ0n) is 31.1. The average Bonchev–Trinajstić information content (AvgIpc) is 3.78. The van der Waals surface area contributed by atoms with Crippen LogP contribution in [0.2, 0.25) is 13.6 Å². The molecule has 0 aliphatic heterocycles. The summed E-state index contributed by atoms with van der Waals surface area (Å²) in [5, 5.41) is 5.12. The van der Waals surface area contributed by atoms with Gasteiger partial charge in [0.15, 0.2) is 0 Å². The Hall–Kier alpha value is -5.04. The van der Waals surface area contributed by atoms with Gasteiger partial charge in [0.1, 0.15) is 19.5 Å². The molecule has 6 nitrogen and oxygen atoms in total. The van der Waals surface area contributed by atoms with Crippen LogP contribution in [0.5, 0.6) is 0 Å². The van der Waals surface area contributed by atoms with Gasteiger partial charge in [-0.1, -0.05) is 129 Å². The van der Waals surface area contributed by atoms with Crippen LogP contribution in [0.1, 0.15) is 23.6 Å². The van der Waals surface area contributed by atoms with Crippen molar-refractivity contribution in [1.82, 2.24) is 14.9 Å². The number of aryl methyl sites for hydroxylation is 1. The summed E-state index contributed by atoms with van der Waals surface area (Å²) < 4.78 is 2.49. The molecule has 6 rings (SSSR count). The summed E-state index contributed by atoms with van der Waals surface area (Å²) in [6, 6.07) is 31.9. The van der Waals surface area contributed by atoms with Crippen molar-refractivity contribution in [3.63, 3.8) is 0 Å². The number of amides is 1. The van der Waals surface area contributed by atoms with Gasteiger partial charge >= 0.3 is 0 Å². The molecule has 2 heterocycles. The molecule has 0 saturated heterocycles. The summed E-state index contributed by atoms with van der Waals surface area (Å²) in [5.74, 6) is 1.69. The molecule has 256 valence electrons. The molecule has 1 saturated carbocycles. The van der Waals surface area contributed by atoms with Crippen LogP contribution in [0.4, 0.5) is 11.6 Å². The zero-order valence-corrected chi connectivity index (χ0v) is 31.1. The van der Waals surface area contributed by atoms with Gasteiger partial charge in [-0.25, -0.2) is 9.97 Å². The third kappa shape index (κ3) is 7.98. The topological polar surface area (TPSA) is 61.4 Å². The number of hydrogen-bond acceptors (Lipinski definition) is 5. The molecule has 2 aromatic heterocycles. The van der Waals surface area contributed by atoms with E-state index < -0.39 is 0 Å². The maximum atomic E-state index is 13.7. The van der Waals surface area contributed by atoms with Crippen molar-refractivity contribution in [2.24, 2.45) is 17.8 Å². The first-order valence-corrected chi connectivity index (χ1v) is 18.1. The van der Waals surface area contributed by atoms with Crippen molar-refractivity contribution in [3.8, 4) is 11.3 Å². The van der Waals surface area contributed by atoms with Gasteiger partial charge in [-0.15, -0.1) is 0 Å². The number of fused-ring (bicyclic) bond motifs is 1. The molecule has 1 aliphatic carbocycles. The fourth-order valence-electron chi connectivity index (χ4n) is 7.86.